The number of ether oxygens (including phenoxy) is 1. The molecule has 27 heavy (non-hydrogen) atoms. The van der Waals surface area contributed by atoms with Crippen molar-refractivity contribution in [2.45, 2.75) is 13.3 Å². The van der Waals surface area contributed by atoms with Gasteiger partial charge in [-0.05, 0) is 31.2 Å². The lowest BCUT2D eigenvalue weighted by Crippen LogP contribution is -2.39. The van der Waals surface area contributed by atoms with Gasteiger partial charge in [0.1, 0.15) is 17.9 Å². The summed E-state index contributed by atoms with van der Waals surface area (Å²) >= 11 is 0. The molecule has 3 rings (SSSR count). The smallest absolute Gasteiger partial charge is 0.325 e. The summed E-state index contributed by atoms with van der Waals surface area (Å²) in [5.74, 6) is 0.324. The molecule has 2 heterocycles. The Kier molecular flexibility index (Phi) is 5.98. The molecular weight excluding hydrogens is 346 g/mol. The van der Waals surface area contributed by atoms with Crippen LogP contribution in [-0.4, -0.2) is 46.2 Å². The largest absolute Gasteiger partial charge is 0.465 e. The Morgan fingerprint density at radius 1 is 1.11 bits per heavy atom. The zero-order chi connectivity index (χ0) is 19.1. The lowest BCUT2D eigenvalue weighted by atomic mass is 10.3. The number of amides is 2. The van der Waals surface area contributed by atoms with Crippen molar-refractivity contribution >= 4 is 23.2 Å². The molecule has 2 aromatic heterocycles. The van der Waals surface area contributed by atoms with E-state index in [0.29, 0.717) is 13.0 Å². The first-order valence-electron chi connectivity index (χ1n) is 8.74. The van der Waals surface area contributed by atoms with Crippen LogP contribution in [0.4, 0.5) is 4.79 Å². The van der Waals surface area contributed by atoms with Crippen LogP contribution in [0.3, 0.4) is 0 Å². The topological polar surface area (TPSA) is 98.1 Å². The van der Waals surface area contributed by atoms with Crippen molar-refractivity contribution in [3.8, 4) is 5.69 Å². The molecule has 140 valence electrons. The zero-order valence-corrected chi connectivity index (χ0v) is 15.0. The highest BCUT2D eigenvalue weighted by Crippen LogP contribution is 2.19. The van der Waals surface area contributed by atoms with Gasteiger partial charge in [-0.2, -0.15) is 0 Å². The first-order valence-corrected chi connectivity index (χ1v) is 8.74. The van der Waals surface area contributed by atoms with Crippen LogP contribution in [0.1, 0.15) is 12.7 Å². The monoisotopic (exact) mass is 367 g/mol. The number of esters is 1. The Balaban J connectivity index is 1.67. The lowest BCUT2D eigenvalue weighted by Gasteiger charge is -2.10. The molecule has 0 saturated heterocycles. The number of hydrogen-bond donors (Lipinski definition) is 2. The summed E-state index contributed by atoms with van der Waals surface area (Å²) in [7, 11) is 0. The molecule has 8 nitrogen and oxygen atoms in total. The molecular formula is C19H21N5O3. The van der Waals surface area contributed by atoms with Gasteiger partial charge in [0.2, 0.25) is 0 Å². The fourth-order valence-electron chi connectivity index (χ4n) is 2.69. The fraction of sp³-hybridized carbons (Fsp3) is 0.263. The van der Waals surface area contributed by atoms with Gasteiger partial charge in [-0.1, -0.05) is 18.2 Å². The van der Waals surface area contributed by atoms with Crippen LogP contribution in [0.5, 0.6) is 0 Å². The minimum absolute atomic E-state index is 0.161. The van der Waals surface area contributed by atoms with Crippen LogP contribution in [0.2, 0.25) is 0 Å². The van der Waals surface area contributed by atoms with E-state index in [0.717, 1.165) is 22.7 Å². The van der Waals surface area contributed by atoms with Gasteiger partial charge >= 0.3 is 12.0 Å². The number of hydrogen-bond acceptors (Lipinski definition) is 5. The van der Waals surface area contributed by atoms with E-state index in [2.05, 4.69) is 20.6 Å². The third kappa shape index (κ3) is 4.60. The summed E-state index contributed by atoms with van der Waals surface area (Å²) in [4.78, 5) is 32.1. The molecule has 1 aromatic carbocycles. The molecule has 0 aliphatic rings. The summed E-state index contributed by atoms with van der Waals surface area (Å²) in [6, 6.07) is 13.1. The van der Waals surface area contributed by atoms with E-state index in [1.807, 2.05) is 47.0 Å². The first-order chi connectivity index (χ1) is 13.2. The van der Waals surface area contributed by atoms with Crippen LogP contribution in [0, 0.1) is 0 Å². The highest BCUT2D eigenvalue weighted by molar-refractivity contribution is 5.80. The molecule has 0 spiro atoms. The summed E-state index contributed by atoms with van der Waals surface area (Å²) in [5, 5.41) is 5.18. The molecule has 2 amide bonds. The van der Waals surface area contributed by atoms with Gasteiger partial charge in [-0.3, -0.25) is 9.36 Å². The maximum atomic E-state index is 11.8. The Labute approximate surface area is 156 Å². The van der Waals surface area contributed by atoms with Crippen molar-refractivity contribution in [3.63, 3.8) is 0 Å². The molecule has 0 fully saturated rings. The van der Waals surface area contributed by atoms with Gasteiger partial charge in [-0.25, -0.2) is 14.8 Å². The number of urea groups is 1. The number of imidazole rings is 1. The Morgan fingerprint density at radius 3 is 2.70 bits per heavy atom. The number of fused-ring (bicyclic) bond motifs is 1. The van der Waals surface area contributed by atoms with E-state index < -0.39 is 12.0 Å². The van der Waals surface area contributed by atoms with Crippen LogP contribution < -0.4 is 10.6 Å². The highest BCUT2D eigenvalue weighted by Gasteiger charge is 2.13. The Hall–Kier alpha value is -3.42. The van der Waals surface area contributed by atoms with Gasteiger partial charge in [-0.15, -0.1) is 0 Å². The number of nitrogens with zero attached hydrogens (tertiary/aromatic N) is 3. The number of pyridine rings is 1. The van der Waals surface area contributed by atoms with Crippen molar-refractivity contribution in [2.24, 2.45) is 0 Å². The summed E-state index contributed by atoms with van der Waals surface area (Å²) in [6.45, 7) is 2.20. The van der Waals surface area contributed by atoms with Crippen LogP contribution in [0.15, 0.2) is 48.7 Å². The third-order valence-corrected chi connectivity index (χ3v) is 3.83. The first kappa shape index (κ1) is 18.4. The maximum absolute atomic E-state index is 11.8. The predicted molar refractivity (Wildman–Crippen MR) is 101 cm³/mol. The molecule has 8 heteroatoms. The van der Waals surface area contributed by atoms with Gasteiger partial charge in [0.25, 0.3) is 0 Å². The number of nitrogens with one attached hydrogen (secondary N) is 2. The average Bonchev–Trinajstić information content (AvgIpc) is 3.05. The maximum Gasteiger partial charge on any atom is 0.325 e. The Morgan fingerprint density at radius 2 is 1.93 bits per heavy atom. The van der Waals surface area contributed by atoms with Crippen molar-refractivity contribution in [2.75, 3.05) is 19.7 Å². The zero-order valence-electron chi connectivity index (χ0n) is 15.0. The van der Waals surface area contributed by atoms with E-state index in [9.17, 15) is 9.59 Å². The highest BCUT2D eigenvalue weighted by atomic mass is 16.5. The summed E-state index contributed by atoms with van der Waals surface area (Å²) < 4.78 is 6.74. The van der Waals surface area contributed by atoms with Gasteiger partial charge in [0.05, 0.1) is 6.61 Å². The second-order valence-corrected chi connectivity index (χ2v) is 5.71. The minimum atomic E-state index is -0.468. The molecule has 0 unspecified atom stereocenters. The summed E-state index contributed by atoms with van der Waals surface area (Å²) in [6.07, 6.45) is 2.24. The van der Waals surface area contributed by atoms with E-state index >= 15 is 0 Å². The minimum Gasteiger partial charge on any atom is -0.465 e. The normalized spacial score (nSPS) is 10.6. The van der Waals surface area contributed by atoms with Crippen molar-refractivity contribution in [3.05, 3.63) is 54.5 Å². The molecule has 3 aromatic rings. The second kappa shape index (κ2) is 8.79. The molecule has 0 atom stereocenters. The van der Waals surface area contributed by atoms with E-state index in [4.69, 9.17) is 4.74 Å². The number of benzene rings is 1. The molecule has 0 bridgehead atoms. The van der Waals surface area contributed by atoms with Crippen molar-refractivity contribution in [1.82, 2.24) is 25.2 Å². The molecule has 0 aliphatic carbocycles. The number of aromatic nitrogens is 3. The van der Waals surface area contributed by atoms with Crippen molar-refractivity contribution in [1.29, 1.82) is 0 Å². The van der Waals surface area contributed by atoms with E-state index in [1.54, 1.807) is 13.1 Å². The fourth-order valence-corrected chi connectivity index (χ4v) is 2.69. The molecule has 0 aliphatic heterocycles. The standard InChI is InChI=1S/C19H21N5O3/c1-2-27-17(25)13-22-19(26)21-12-10-16-23-15-9-6-11-20-18(15)24(16)14-7-4-3-5-8-14/h3-9,11H,2,10,12-13H2,1H3,(H2,21,22,26). The molecule has 0 radical (unpaired) electrons. The lowest BCUT2D eigenvalue weighted by molar-refractivity contribution is -0.141. The van der Waals surface area contributed by atoms with Crippen LogP contribution in [0.25, 0.3) is 16.9 Å². The number of carbonyl (C=O) groups excluding carboxylic acids is 2. The van der Waals surface area contributed by atoms with E-state index in [-0.39, 0.29) is 13.2 Å². The number of rotatable bonds is 7. The SMILES string of the molecule is CCOC(=O)CNC(=O)NCCc1nc2cccnc2n1-c1ccccc1. The van der Waals surface area contributed by atoms with Crippen LogP contribution in [-0.2, 0) is 16.0 Å². The van der Waals surface area contributed by atoms with Crippen molar-refractivity contribution < 1.29 is 14.3 Å². The van der Waals surface area contributed by atoms with Crippen LogP contribution >= 0.6 is 0 Å². The number of para-hydroxylation sites is 1. The number of carbonyl (C=O) groups is 2. The van der Waals surface area contributed by atoms with Gasteiger partial charge < -0.3 is 15.4 Å². The molecule has 0 saturated carbocycles. The summed E-state index contributed by atoms with van der Waals surface area (Å²) in [5.41, 5.74) is 2.52. The van der Waals surface area contributed by atoms with E-state index in [1.165, 1.54) is 0 Å². The predicted octanol–water partition coefficient (Wildman–Crippen LogP) is 1.83. The third-order valence-electron chi connectivity index (χ3n) is 3.83. The average molecular weight is 367 g/mol. The quantitative estimate of drug-likeness (QED) is 0.621. The molecule has 2 N–H and O–H groups in total. The second-order valence-electron chi connectivity index (χ2n) is 5.71. The Bertz CT molecular complexity index is 923. The van der Waals surface area contributed by atoms with Gasteiger partial charge in [0.15, 0.2) is 5.65 Å². The van der Waals surface area contributed by atoms with Gasteiger partial charge in [0, 0.05) is 24.8 Å².